The van der Waals surface area contributed by atoms with E-state index in [0.717, 1.165) is 38.1 Å². The number of aryl methyl sites for hydroxylation is 2. The van der Waals surface area contributed by atoms with Crippen molar-refractivity contribution in [3.8, 4) is 0 Å². The highest BCUT2D eigenvalue weighted by Crippen LogP contribution is 2.37. The molecule has 0 aromatic carbocycles. The SMILES string of the molecule is CCOC1(C(CCc2nccn2C)NN)CCCC1. The highest BCUT2D eigenvalue weighted by Gasteiger charge is 2.41. The van der Waals surface area contributed by atoms with Crippen molar-refractivity contribution in [2.75, 3.05) is 6.61 Å². The summed E-state index contributed by atoms with van der Waals surface area (Å²) in [7, 11) is 2.03. The zero-order valence-corrected chi connectivity index (χ0v) is 12.1. The van der Waals surface area contributed by atoms with Gasteiger partial charge < -0.3 is 9.30 Å². The molecule has 0 amide bonds. The number of imidazole rings is 1. The Morgan fingerprint density at radius 1 is 1.53 bits per heavy atom. The first-order valence-electron chi connectivity index (χ1n) is 7.28. The fourth-order valence-corrected chi connectivity index (χ4v) is 3.26. The Bertz CT molecular complexity index is 385. The summed E-state index contributed by atoms with van der Waals surface area (Å²) in [6.07, 6.45) is 10.4. The molecule has 1 unspecified atom stereocenters. The molecular formula is C14H26N4O. The van der Waals surface area contributed by atoms with Crippen molar-refractivity contribution < 1.29 is 4.74 Å². The van der Waals surface area contributed by atoms with Crippen LogP contribution in [0.1, 0.15) is 44.9 Å². The Balaban J connectivity index is 2.00. The van der Waals surface area contributed by atoms with Crippen LogP contribution in [0.15, 0.2) is 12.4 Å². The zero-order valence-electron chi connectivity index (χ0n) is 12.1. The Hall–Kier alpha value is -0.910. The normalized spacial score (nSPS) is 19.7. The molecule has 1 atom stereocenters. The number of hydrogen-bond donors (Lipinski definition) is 2. The van der Waals surface area contributed by atoms with E-state index < -0.39 is 0 Å². The van der Waals surface area contributed by atoms with E-state index in [0.29, 0.717) is 0 Å². The van der Waals surface area contributed by atoms with Crippen LogP contribution in [-0.4, -0.2) is 27.8 Å². The van der Waals surface area contributed by atoms with Crippen LogP contribution in [0, 0.1) is 0 Å². The van der Waals surface area contributed by atoms with Crippen molar-refractivity contribution in [1.82, 2.24) is 15.0 Å². The Kier molecular flexibility index (Phi) is 4.96. The molecule has 0 aliphatic heterocycles. The number of ether oxygens (including phenoxy) is 1. The summed E-state index contributed by atoms with van der Waals surface area (Å²) in [5.74, 6) is 6.89. The number of nitrogens with zero attached hydrogens (tertiary/aromatic N) is 2. The predicted octanol–water partition coefficient (Wildman–Crippen LogP) is 1.53. The molecule has 19 heavy (non-hydrogen) atoms. The second-order valence-corrected chi connectivity index (χ2v) is 5.42. The summed E-state index contributed by atoms with van der Waals surface area (Å²) >= 11 is 0. The summed E-state index contributed by atoms with van der Waals surface area (Å²) in [5, 5.41) is 0. The first kappa shape index (κ1) is 14.5. The average Bonchev–Trinajstić information content (AvgIpc) is 3.01. The summed E-state index contributed by atoms with van der Waals surface area (Å²) in [6.45, 7) is 2.81. The fourth-order valence-electron chi connectivity index (χ4n) is 3.26. The first-order valence-corrected chi connectivity index (χ1v) is 7.28. The molecule has 1 aromatic rings. The molecule has 1 fully saturated rings. The summed E-state index contributed by atoms with van der Waals surface area (Å²) in [4.78, 5) is 4.37. The minimum Gasteiger partial charge on any atom is -0.374 e. The van der Waals surface area contributed by atoms with Gasteiger partial charge in [-0.25, -0.2) is 4.98 Å². The Morgan fingerprint density at radius 3 is 2.79 bits per heavy atom. The van der Waals surface area contributed by atoms with Gasteiger partial charge in [0.1, 0.15) is 5.82 Å². The van der Waals surface area contributed by atoms with Crippen molar-refractivity contribution in [3.63, 3.8) is 0 Å². The van der Waals surface area contributed by atoms with E-state index in [4.69, 9.17) is 10.6 Å². The molecule has 0 spiro atoms. The summed E-state index contributed by atoms with van der Waals surface area (Å²) in [5.41, 5.74) is 2.91. The molecule has 5 nitrogen and oxygen atoms in total. The maximum absolute atomic E-state index is 6.07. The van der Waals surface area contributed by atoms with Crippen molar-refractivity contribution in [2.45, 2.75) is 57.1 Å². The minimum absolute atomic E-state index is 0.0747. The van der Waals surface area contributed by atoms with E-state index in [1.165, 1.54) is 12.8 Å². The van der Waals surface area contributed by atoms with Crippen molar-refractivity contribution >= 4 is 0 Å². The Labute approximate surface area is 115 Å². The molecule has 1 aromatic heterocycles. The third kappa shape index (κ3) is 3.16. The molecule has 3 N–H and O–H groups in total. The molecule has 1 aliphatic rings. The van der Waals surface area contributed by atoms with Crippen LogP contribution in [0.5, 0.6) is 0 Å². The lowest BCUT2D eigenvalue weighted by atomic mass is 9.89. The average molecular weight is 266 g/mol. The molecule has 0 radical (unpaired) electrons. The lowest BCUT2D eigenvalue weighted by Crippen LogP contribution is -2.53. The number of nitrogens with two attached hydrogens (primary N) is 1. The van der Waals surface area contributed by atoms with Gasteiger partial charge in [0.05, 0.1) is 11.6 Å². The number of nitrogens with one attached hydrogen (secondary N) is 1. The molecule has 108 valence electrons. The quantitative estimate of drug-likeness (QED) is 0.580. The smallest absolute Gasteiger partial charge is 0.108 e. The molecule has 0 saturated heterocycles. The van der Waals surface area contributed by atoms with Crippen molar-refractivity contribution in [3.05, 3.63) is 18.2 Å². The van der Waals surface area contributed by atoms with E-state index >= 15 is 0 Å². The molecule has 1 heterocycles. The van der Waals surface area contributed by atoms with Gasteiger partial charge in [-0.15, -0.1) is 0 Å². The molecule has 1 saturated carbocycles. The van der Waals surface area contributed by atoms with Gasteiger partial charge in [-0.2, -0.15) is 0 Å². The maximum atomic E-state index is 6.07. The predicted molar refractivity (Wildman–Crippen MR) is 75.5 cm³/mol. The van der Waals surface area contributed by atoms with Gasteiger partial charge in [-0.05, 0) is 26.2 Å². The monoisotopic (exact) mass is 266 g/mol. The van der Waals surface area contributed by atoms with Crippen LogP contribution in [0.3, 0.4) is 0 Å². The summed E-state index contributed by atoms with van der Waals surface area (Å²) in [6, 6.07) is 0.201. The van der Waals surface area contributed by atoms with E-state index in [-0.39, 0.29) is 11.6 Å². The minimum atomic E-state index is -0.0747. The number of rotatable bonds is 7. The van der Waals surface area contributed by atoms with Crippen LogP contribution < -0.4 is 11.3 Å². The molecular weight excluding hydrogens is 240 g/mol. The lowest BCUT2D eigenvalue weighted by molar-refractivity contribution is -0.0633. The van der Waals surface area contributed by atoms with Gasteiger partial charge >= 0.3 is 0 Å². The van der Waals surface area contributed by atoms with Crippen molar-refractivity contribution in [1.29, 1.82) is 0 Å². The van der Waals surface area contributed by atoms with Gasteiger partial charge in [0.25, 0.3) is 0 Å². The van der Waals surface area contributed by atoms with E-state index in [2.05, 4.69) is 21.9 Å². The lowest BCUT2D eigenvalue weighted by Gasteiger charge is -2.37. The first-order chi connectivity index (χ1) is 9.22. The van der Waals surface area contributed by atoms with Crippen LogP contribution in [-0.2, 0) is 18.2 Å². The molecule has 2 rings (SSSR count). The highest BCUT2D eigenvalue weighted by molar-refractivity contribution is 4.99. The molecule has 5 heteroatoms. The van der Waals surface area contributed by atoms with Gasteiger partial charge in [0.15, 0.2) is 0 Å². The van der Waals surface area contributed by atoms with Crippen LogP contribution in [0.4, 0.5) is 0 Å². The van der Waals surface area contributed by atoms with E-state index in [1.54, 1.807) is 0 Å². The molecule has 0 bridgehead atoms. The molecule has 1 aliphatic carbocycles. The fraction of sp³-hybridized carbons (Fsp3) is 0.786. The van der Waals surface area contributed by atoms with Crippen LogP contribution in [0.2, 0.25) is 0 Å². The Morgan fingerprint density at radius 2 is 2.26 bits per heavy atom. The van der Waals surface area contributed by atoms with Gasteiger partial charge in [0, 0.05) is 32.5 Å². The largest absolute Gasteiger partial charge is 0.374 e. The standard InChI is InChI=1S/C14H26N4O/c1-3-19-14(8-4-5-9-14)12(17-15)6-7-13-16-10-11-18(13)2/h10-12,17H,3-9,15H2,1-2H3. The van der Waals surface area contributed by atoms with Crippen molar-refractivity contribution in [2.24, 2.45) is 12.9 Å². The second-order valence-electron chi connectivity index (χ2n) is 5.42. The number of hydrazine groups is 1. The summed E-state index contributed by atoms with van der Waals surface area (Å²) < 4.78 is 8.14. The van der Waals surface area contributed by atoms with Gasteiger partial charge in [0.2, 0.25) is 0 Å². The van der Waals surface area contributed by atoms with Gasteiger partial charge in [-0.3, -0.25) is 11.3 Å². The highest BCUT2D eigenvalue weighted by atomic mass is 16.5. The number of hydrogen-bond acceptors (Lipinski definition) is 4. The van der Waals surface area contributed by atoms with Crippen LogP contribution in [0.25, 0.3) is 0 Å². The topological polar surface area (TPSA) is 65.1 Å². The van der Waals surface area contributed by atoms with Crippen LogP contribution >= 0.6 is 0 Å². The number of aromatic nitrogens is 2. The van der Waals surface area contributed by atoms with E-state index in [9.17, 15) is 0 Å². The van der Waals surface area contributed by atoms with Gasteiger partial charge in [-0.1, -0.05) is 12.8 Å². The van der Waals surface area contributed by atoms with E-state index in [1.807, 2.05) is 19.4 Å². The third-order valence-electron chi connectivity index (χ3n) is 4.30. The zero-order chi connectivity index (χ0) is 13.7. The second kappa shape index (κ2) is 6.50. The maximum Gasteiger partial charge on any atom is 0.108 e. The third-order valence-corrected chi connectivity index (χ3v) is 4.30.